The summed E-state index contributed by atoms with van der Waals surface area (Å²) in [5.74, 6) is -1.10. The molecule has 0 aromatic carbocycles. The summed E-state index contributed by atoms with van der Waals surface area (Å²) in [6, 6.07) is 0. The number of carbonyl (C=O) groups is 1. The monoisotopic (exact) mass is 247 g/mol. The lowest BCUT2D eigenvalue weighted by atomic mass is 10.3. The van der Waals surface area contributed by atoms with Crippen LogP contribution in [0.25, 0.3) is 21.2 Å². The standard InChI is InChI=1S/C9H5N5O2S/c15-9(16)5-4(12-3-13-5)7-14-6-8(17-7)11-2-1-10-6/h1-3H,(H,12,13)(H,15,16). The van der Waals surface area contributed by atoms with Gasteiger partial charge in [0.15, 0.2) is 16.2 Å². The largest absolute Gasteiger partial charge is 0.476 e. The van der Waals surface area contributed by atoms with Gasteiger partial charge in [-0.3, -0.25) is 0 Å². The third-order valence-corrected chi connectivity index (χ3v) is 3.07. The SMILES string of the molecule is O=C(O)c1nc[nH]c1-c1nc2nccnc2s1. The molecule has 0 atom stereocenters. The molecule has 3 aromatic heterocycles. The van der Waals surface area contributed by atoms with Gasteiger partial charge in [-0.1, -0.05) is 11.3 Å². The normalized spacial score (nSPS) is 10.8. The van der Waals surface area contributed by atoms with Crippen molar-refractivity contribution in [2.45, 2.75) is 0 Å². The number of nitrogens with one attached hydrogen (secondary N) is 1. The topological polar surface area (TPSA) is 105 Å². The van der Waals surface area contributed by atoms with Crippen LogP contribution in [0.1, 0.15) is 10.5 Å². The molecule has 0 aliphatic heterocycles. The van der Waals surface area contributed by atoms with Crippen LogP contribution in [-0.2, 0) is 0 Å². The Kier molecular flexibility index (Phi) is 2.08. The number of aromatic nitrogens is 5. The molecule has 0 aliphatic carbocycles. The highest BCUT2D eigenvalue weighted by atomic mass is 32.1. The van der Waals surface area contributed by atoms with Crippen LogP contribution in [0.5, 0.6) is 0 Å². The van der Waals surface area contributed by atoms with Crippen LogP contribution in [0.4, 0.5) is 0 Å². The number of hydrogen-bond acceptors (Lipinski definition) is 6. The summed E-state index contributed by atoms with van der Waals surface area (Å²) in [4.78, 5) is 30.4. The lowest BCUT2D eigenvalue weighted by Crippen LogP contribution is -1.98. The molecule has 0 fully saturated rings. The second kappa shape index (κ2) is 3.59. The fourth-order valence-electron chi connectivity index (χ4n) is 1.40. The Bertz CT molecular complexity index is 671. The van der Waals surface area contributed by atoms with Gasteiger partial charge in [-0.2, -0.15) is 0 Å². The van der Waals surface area contributed by atoms with Crippen LogP contribution in [0.3, 0.4) is 0 Å². The zero-order valence-corrected chi connectivity index (χ0v) is 9.10. The maximum atomic E-state index is 10.9. The van der Waals surface area contributed by atoms with Crippen molar-refractivity contribution >= 4 is 27.8 Å². The van der Waals surface area contributed by atoms with Gasteiger partial charge in [0.2, 0.25) is 0 Å². The first-order valence-electron chi connectivity index (χ1n) is 4.60. The van der Waals surface area contributed by atoms with E-state index < -0.39 is 5.97 Å². The maximum Gasteiger partial charge on any atom is 0.356 e. The van der Waals surface area contributed by atoms with Crippen LogP contribution in [0, 0.1) is 0 Å². The fourth-order valence-corrected chi connectivity index (χ4v) is 2.28. The average Bonchev–Trinajstić information content (AvgIpc) is 2.95. The van der Waals surface area contributed by atoms with Crippen molar-refractivity contribution in [2.24, 2.45) is 0 Å². The molecular weight excluding hydrogens is 242 g/mol. The van der Waals surface area contributed by atoms with E-state index >= 15 is 0 Å². The van der Waals surface area contributed by atoms with Gasteiger partial charge in [0, 0.05) is 12.4 Å². The first-order chi connectivity index (χ1) is 8.25. The van der Waals surface area contributed by atoms with Gasteiger partial charge in [0.1, 0.15) is 10.7 Å². The smallest absolute Gasteiger partial charge is 0.356 e. The molecule has 84 valence electrons. The molecule has 0 radical (unpaired) electrons. The predicted molar refractivity (Wildman–Crippen MR) is 59.8 cm³/mol. The van der Waals surface area contributed by atoms with E-state index in [4.69, 9.17) is 5.11 Å². The Morgan fingerprint density at radius 2 is 2.12 bits per heavy atom. The molecule has 7 nitrogen and oxygen atoms in total. The lowest BCUT2D eigenvalue weighted by molar-refractivity contribution is 0.0692. The van der Waals surface area contributed by atoms with Gasteiger partial charge in [-0.05, 0) is 0 Å². The number of H-pyrrole nitrogens is 1. The molecule has 0 saturated carbocycles. The Morgan fingerprint density at radius 1 is 1.29 bits per heavy atom. The second-order valence-corrected chi connectivity index (χ2v) is 4.11. The van der Waals surface area contributed by atoms with E-state index in [2.05, 4.69) is 24.9 Å². The fraction of sp³-hybridized carbons (Fsp3) is 0. The molecule has 2 N–H and O–H groups in total. The molecular formula is C9H5N5O2S. The third kappa shape index (κ3) is 1.54. The van der Waals surface area contributed by atoms with Crippen molar-refractivity contribution in [1.82, 2.24) is 24.9 Å². The Balaban J connectivity index is 2.20. The number of imidazole rings is 1. The highest BCUT2D eigenvalue weighted by Crippen LogP contribution is 2.28. The van der Waals surface area contributed by atoms with Gasteiger partial charge in [-0.25, -0.2) is 24.7 Å². The van der Waals surface area contributed by atoms with E-state index in [0.717, 1.165) is 0 Å². The number of nitrogens with zero attached hydrogens (tertiary/aromatic N) is 4. The highest BCUT2D eigenvalue weighted by molar-refractivity contribution is 7.21. The van der Waals surface area contributed by atoms with Gasteiger partial charge >= 0.3 is 5.97 Å². The number of rotatable bonds is 2. The first kappa shape index (κ1) is 9.85. The minimum atomic E-state index is -1.10. The van der Waals surface area contributed by atoms with Crippen molar-refractivity contribution in [3.63, 3.8) is 0 Å². The summed E-state index contributed by atoms with van der Waals surface area (Å²) in [5, 5.41) is 9.47. The van der Waals surface area contributed by atoms with Crippen LogP contribution in [0.2, 0.25) is 0 Å². The highest BCUT2D eigenvalue weighted by Gasteiger charge is 2.18. The van der Waals surface area contributed by atoms with E-state index in [1.165, 1.54) is 23.9 Å². The van der Waals surface area contributed by atoms with Crippen molar-refractivity contribution in [3.05, 3.63) is 24.4 Å². The number of aromatic amines is 1. The Labute approximate surface area is 98.2 Å². The third-order valence-electron chi connectivity index (χ3n) is 2.10. The van der Waals surface area contributed by atoms with Gasteiger partial charge < -0.3 is 10.1 Å². The van der Waals surface area contributed by atoms with E-state index in [-0.39, 0.29) is 5.69 Å². The van der Waals surface area contributed by atoms with Crippen molar-refractivity contribution < 1.29 is 9.90 Å². The second-order valence-electron chi connectivity index (χ2n) is 3.14. The van der Waals surface area contributed by atoms with E-state index in [0.29, 0.717) is 21.2 Å². The number of carboxylic acids is 1. The molecule has 8 heteroatoms. The average molecular weight is 247 g/mol. The molecule has 0 unspecified atom stereocenters. The lowest BCUT2D eigenvalue weighted by Gasteiger charge is -1.91. The summed E-state index contributed by atoms with van der Waals surface area (Å²) in [6.45, 7) is 0. The summed E-state index contributed by atoms with van der Waals surface area (Å²) < 4.78 is 0. The minimum Gasteiger partial charge on any atom is -0.476 e. The molecule has 0 aliphatic rings. The summed E-state index contributed by atoms with van der Waals surface area (Å²) in [7, 11) is 0. The zero-order valence-electron chi connectivity index (χ0n) is 8.28. The molecule has 0 bridgehead atoms. The zero-order chi connectivity index (χ0) is 11.8. The van der Waals surface area contributed by atoms with Gasteiger partial charge in [0.05, 0.1) is 6.33 Å². The Morgan fingerprint density at radius 3 is 2.88 bits per heavy atom. The van der Waals surface area contributed by atoms with Gasteiger partial charge in [0.25, 0.3) is 0 Å². The first-order valence-corrected chi connectivity index (χ1v) is 5.42. The molecule has 3 rings (SSSR count). The van der Waals surface area contributed by atoms with E-state index in [1.807, 2.05) is 0 Å². The molecule has 3 heterocycles. The predicted octanol–water partition coefficient (Wildman–Crippen LogP) is 1.17. The minimum absolute atomic E-state index is 0.0518. The van der Waals surface area contributed by atoms with Gasteiger partial charge in [-0.15, -0.1) is 0 Å². The van der Waals surface area contributed by atoms with Crippen molar-refractivity contribution in [2.75, 3.05) is 0 Å². The molecule has 0 amide bonds. The molecule has 17 heavy (non-hydrogen) atoms. The molecule has 0 saturated heterocycles. The number of aromatic carboxylic acids is 1. The Hall–Kier alpha value is -2.35. The van der Waals surface area contributed by atoms with Crippen LogP contribution in [-0.4, -0.2) is 36.0 Å². The molecule has 0 spiro atoms. The number of carboxylic acid groups (broad SMARTS) is 1. The quantitative estimate of drug-likeness (QED) is 0.704. The van der Waals surface area contributed by atoms with Crippen LogP contribution < -0.4 is 0 Å². The maximum absolute atomic E-state index is 10.9. The van der Waals surface area contributed by atoms with E-state index in [9.17, 15) is 4.79 Å². The summed E-state index contributed by atoms with van der Waals surface area (Å²) in [6.07, 6.45) is 4.43. The summed E-state index contributed by atoms with van der Waals surface area (Å²) in [5.41, 5.74) is 0.824. The van der Waals surface area contributed by atoms with Crippen molar-refractivity contribution in [3.8, 4) is 10.7 Å². The summed E-state index contributed by atoms with van der Waals surface area (Å²) >= 11 is 1.27. The van der Waals surface area contributed by atoms with Crippen LogP contribution in [0.15, 0.2) is 18.7 Å². The molecule has 3 aromatic rings. The number of hydrogen-bond donors (Lipinski definition) is 2. The van der Waals surface area contributed by atoms with Crippen LogP contribution >= 0.6 is 11.3 Å². The number of fused-ring (bicyclic) bond motifs is 1. The van der Waals surface area contributed by atoms with Crippen molar-refractivity contribution in [1.29, 1.82) is 0 Å². The van der Waals surface area contributed by atoms with E-state index in [1.54, 1.807) is 6.20 Å². The number of thiazole rings is 1.